The van der Waals surface area contributed by atoms with Gasteiger partial charge in [0, 0.05) is 19.6 Å². The molecule has 1 heterocycles. The third-order valence-corrected chi connectivity index (χ3v) is 3.54. The molecule has 0 atom stereocenters. The van der Waals surface area contributed by atoms with E-state index in [1.807, 2.05) is 0 Å². The van der Waals surface area contributed by atoms with Gasteiger partial charge in [-0.1, -0.05) is 12.1 Å². The van der Waals surface area contributed by atoms with Crippen molar-refractivity contribution in [3.8, 4) is 0 Å². The number of carboxylic acid groups (broad SMARTS) is 1. The van der Waals surface area contributed by atoms with Crippen molar-refractivity contribution in [2.75, 3.05) is 26.2 Å². The van der Waals surface area contributed by atoms with Gasteiger partial charge >= 0.3 is 12.0 Å². The smallest absolute Gasteiger partial charge is 0.335 e. The lowest BCUT2D eigenvalue weighted by Crippen LogP contribution is -2.39. The van der Waals surface area contributed by atoms with Gasteiger partial charge in [0.15, 0.2) is 0 Å². The Hall–Kier alpha value is -2.08. The topological polar surface area (TPSA) is 81.7 Å². The predicted molar refractivity (Wildman–Crippen MR) is 79.3 cm³/mol. The highest BCUT2D eigenvalue weighted by Gasteiger charge is 2.11. The van der Waals surface area contributed by atoms with E-state index in [1.54, 1.807) is 18.2 Å². The first-order chi connectivity index (χ1) is 10.1. The number of hydrogen-bond acceptors (Lipinski definition) is 3. The van der Waals surface area contributed by atoms with E-state index in [1.165, 1.54) is 18.9 Å². The summed E-state index contributed by atoms with van der Waals surface area (Å²) in [6, 6.07) is 6.33. The molecule has 2 rings (SSSR count). The maximum Gasteiger partial charge on any atom is 0.335 e. The van der Waals surface area contributed by atoms with Gasteiger partial charge in [-0.2, -0.15) is 0 Å². The van der Waals surface area contributed by atoms with Crippen molar-refractivity contribution in [3.05, 3.63) is 35.4 Å². The molecule has 1 aromatic rings. The molecule has 0 aliphatic carbocycles. The Labute approximate surface area is 124 Å². The van der Waals surface area contributed by atoms with Gasteiger partial charge in [-0.25, -0.2) is 9.59 Å². The molecule has 0 radical (unpaired) electrons. The summed E-state index contributed by atoms with van der Waals surface area (Å²) in [6.45, 7) is 4.05. The molecular formula is C15H21N3O3. The number of nitrogens with zero attached hydrogens (tertiary/aromatic N) is 1. The highest BCUT2D eigenvalue weighted by molar-refractivity contribution is 5.87. The second-order valence-electron chi connectivity index (χ2n) is 5.16. The fraction of sp³-hybridized carbons (Fsp3) is 0.467. The number of urea groups is 1. The van der Waals surface area contributed by atoms with Crippen LogP contribution in [0.2, 0.25) is 0 Å². The van der Waals surface area contributed by atoms with Crippen molar-refractivity contribution in [3.63, 3.8) is 0 Å². The van der Waals surface area contributed by atoms with Crippen molar-refractivity contribution < 1.29 is 14.7 Å². The molecule has 6 heteroatoms. The summed E-state index contributed by atoms with van der Waals surface area (Å²) in [4.78, 5) is 24.8. The molecule has 0 bridgehead atoms. The molecule has 1 aliphatic heterocycles. The van der Waals surface area contributed by atoms with Crippen molar-refractivity contribution >= 4 is 12.0 Å². The number of amides is 2. The van der Waals surface area contributed by atoms with Gasteiger partial charge in [0.2, 0.25) is 0 Å². The zero-order valence-electron chi connectivity index (χ0n) is 12.0. The van der Waals surface area contributed by atoms with Crippen LogP contribution in [-0.2, 0) is 6.54 Å². The van der Waals surface area contributed by atoms with E-state index in [0.717, 1.165) is 25.2 Å². The van der Waals surface area contributed by atoms with E-state index >= 15 is 0 Å². The number of nitrogens with one attached hydrogen (secondary N) is 2. The van der Waals surface area contributed by atoms with Gasteiger partial charge in [0.25, 0.3) is 0 Å². The Bertz CT molecular complexity index is 499. The van der Waals surface area contributed by atoms with E-state index in [9.17, 15) is 9.59 Å². The van der Waals surface area contributed by atoms with Crippen LogP contribution in [0.15, 0.2) is 24.3 Å². The lowest BCUT2D eigenvalue weighted by molar-refractivity contribution is 0.0696. The van der Waals surface area contributed by atoms with Crippen molar-refractivity contribution in [1.82, 2.24) is 15.5 Å². The zero-order chi connectivity index (χ0) is 15.1. The summed E-state index contributed by atoms with van der Waals surface area (Å²) in [6.07, 6.45) is 2.48. The van der Waals surface area contributed by atoms with Crippen molar-refractivity contribution in [2.45, 2.75) is 19.4 Å². The number of hydrogen-bond donors (Lipinski definition) is 3. The average molecular weight is 291 g/mol. The minimum Gasteiger partial charge on any atom is -0.478 e. The Kier molecular flexibility index (Phi) is 5.57. The van der Waals surface area contributed by atoms with Crippen LogP contribution in [0.25, 0.3) is 0 Å². The van der Waals surface area contributed by atoms with Crippen LogP contribution in [0.1, 0.15) is 28.8 Å². The van der Waals surface area contributed by atoms with Crippen molar-refractivity contribution in [2.24, 2.45) is 0 Å². The Morgan fingerprint density at radius 1 is 1.19 bits per heavy atom. The normalized spacial score (nSPS) is 14.9. The van der Waals surface area contributed by atoms with Crippen LogP contribution < -0.4 is 10.6 Å². The minimum atomic E-state index is -0.966. The molecule has 21 heavy (non-hydrogen) atoms. The highest BCUT2D eigenvalue weighted by atomic mass is 16.4. The molecule has 1 aromatic carbocycles. The second kappa shape index (κ2) is 7.64. The summed E-state index contributed by atoms with van der Waals surface area (Å²) in [7, 11) is 0. The Morgan fingerprint density at radius 3 is 2.67 bits per heavy atom. The molecule has 0 aromatic heterocycles. The number of rotatable bonds is 6. The zero-order valence-corrected chi connectivity index (χ0v) is 12.0. The lowest BCUT2D eigenvalue weighted by Gasteiger charge is -2.15. The number of benzene rings is 1. The van der Waals surface area contributed by atoms with Gasteiger partial charge in [-0.3, -0.25) is 0 Å². The molecule has 3 N–H and O–H groups in total. The van der Waals surface area contributed by atoms with Crippen LogP contribution >= 0.6 is 0 Å². The third kappa shape index (κ3) is 5.07. The summed E-state index contributed by atoms with van der Waals surface area (Å²) in [5.74, 6) is -0.966. The minimum absolute atomic E-state index is 0.226. The van der Waals surface area contributed by atoms with Crippen LogP contribution in [-0.4, -0.2) is 48.2 Å². The molecule has 0 unspecified atom stereocenters. The summed E-state index contributed by atoms with van der Waals surface area (Å²) < 4.78 is 0. The Morgan fingerprint density at radius 2 is 1.95 bits per heavy atom. The SMILES string of the molecule is O=C(NCCN1CCCC1)NCc1cccc(C(=O)O)c1. The lowest BCUT2D eigenvalue weighted by atomic mass is 10.1. The second-order valence-corrected chi connectivity index (χ2v) is 5.16. The number of carbonyl (C=O) groups excluding carboxylic acids is 1. The van der Waals surface area contributed by atoms with Gasteiger partial charge in [-0.05, 0) is 43.6 Å². The standard InChI is InChI=1S/C15H21N3O3/c19-14(20)13-5-3-4-12(10-13)11-17-15(21)16-6-9-18-7-1-2-8-18/h3-5,10H,1-2,6-9,11H2,(H,19,20)(H2,16,17,21). The van der Waals surface area contributed by atoms with Crippen LogP contribution in [0.5, 0.6) is 0 Å². The summed E-state index contributed by atoms with van der Waals surface area (Å²) >= 11 is 0. The van der Waals surface area contributed by atoms with E-state index < -0.39 is 5.97 Å². The maximum atomic E-state index is 11.7. The molecule has 1 aliphatic rings. The molecular weight excluding hydrogens is 270 g/mol. The first kappa shape index (κ1) is 15.3. The van der Waals surface area contributed by atoms with E-state index in [-0.39, 0.29) is 11.6 Å². The fourth-order valence-corrected chi connectivity index (χ4v) is 2.39. The van der Waals surface area contributed by atoms with E-state index in [4.69, 9.17) is 5.11 Å². The molecule has 2 amide bonds. The number of carboxylic acids is 1. The molecule has 1 fully saturated rings. The highest BCUT2D eigenvalue weighted by Crippen LogP contribution is 2.06. The fourth-order valence-electron chi connectivity index (χ4n) is 2.39. The number of aromatic carboxylic acids is 1. The number of likely N-dealkylation sites (tertiary alicyclic amines) is 1. The molecule has 6 nitrogen and oxygen atoms in total. The maximum absolute atomic E-state index is 11.7. The van der Waals surface area contributed by atoms with E-state index in [2.05, 4.69) is 15.5 Å². The van der Waals surface area contributed by atoms with Gasteiger partial charge in [-0.15, -0.1) is 0 Å². The number of carbonyl (C=O) groups is 2. The van der Waals surface area contributed by atoms with Crippen LogP contribution in [0.3, 0.4) is 0 Å². The average Bonchev–Trinajstić information content (AvgIpc) is 2.99. The first-order valence-corrected chi connectivity index (χ1v) is 7.21. The summed E-state index contributed by atoms with van der Waals surface area (Å²) in [5, 5.41) is 14.4. The molecule has 0 saturated carbocycles. The monoisotopic (exact) mass is 291 g/mol. The third-order valence-electron chi connectivity index (χ3n) is 3.54. The molecule has 1 saturated heterocycles. The van der Waals surface area contributed by atoms with Gasteiger partial charge in [0.1, 0.15) is 0 Å². The quantitative estimate of drug-likeness (QED) is 0.737. The van der Waals surface area contributed by atoms with Crippen LogP contribution in [0, 0.1) is 0 Å². The molecule has 114 valence electrons. The summed E-state index contributed by atoms with van der Waals surface area (Å²) in [5.41, 5.74) is 0.994. The van der Waals surface area contributed by atoms with Gasteiger partial charge in [0.05, 0.1) is 5.56 Å². The van der Waals surface area contributed by atoms with Crippen LogP contribution in [0.4, 0.5) is 4.79 Å². The first-order valence-electron chi connectivity index (χ1n) is 7.21. The Balaban J connectivity index is 1.68. The largest absolute Gasteiger partial charge is 0.478 e. The van der Waals surface area contributed by atoms with Crippen molar-refractivity contribution in [1.29, 1.82) is 0 Å². The molecule has 0 spiro atoms. The van der Waals surface area contributed by atoms with Gasteiger partial charge < -0.3 is 20.6 Å². The predicted octanol–water partition coefficient (Wildman–Crippen LogP) is 1.28. The van der Waals surface area contributed by atoms with E-state index in [0.29, 0.717) is 13.1 Å².